The van der Waals surface area contributed by atoms with Gasteiger partial charge in [0.25, 0.3) is 0 Å². The van der Waals surface area contributed by atoms with Gasteiger partial charge in [0, 0.05) is 13.6 Å². The Kier molecular flexibility index (Phi) is 6.81. The van der Waals surface area contributed by atoms with Crippen molar-refractivity contribution in [3.8, 4) is 17.2 Å². The van der Waals surface area contributed by atoms with E-state index in [1.54, 1.807) is 38.2 Å². The van der Waals surface area contributed by atoms with Crippen LogP contribution in [-0.4, -0.2) is 36.8 Å². The molecular weight excluding hydrogens is 358 g/mol. The van der Waals surface area contributed by atoms with Crippen LogP contribution in [0.3, 0.4) is 0 Å². The van der Waals surface area contributed by atoms with Gasteiger partial charge in [-0.25, -0.2) is 4.79 Å². The Balaban J connectivity index is 1.94. The molecule has 0 radical (unpaired) electrons. The van der Waals surface area contributed by atoms with Crippen molar-refractivity contribution < 1.29 is 28.2 Å². The summed E-state index contributed by atoms with van der Waals surface area (Å²) in [6, 6.07) is 10.4. The van der Waals surface area contributed by atoms with E-state index in [9.17, 15) is 18.7 Å². The van der Waals surface area contributed by atoms with Crippen molar-refractivity contribution in [3.63, 3.8) is 0 Å². The van der Waals surface area contributed by atoms with Gasteiger partial charge in [0.1, 0.15) is 5.75 Å². The number of carbonyl (C=O) groups excluding carboxylic acids is 1. The Morgan fingerprint density at radius 3 is 2.44 bits per heavy atom. The van der Waals surface area contributed by atoms with Crippen molar-refractivity contribution in [3.05, 3.63) is 53.6 Å². The van der Waals surface area contributed by atoms with E-state index >= 15 is 0 Å². The number of rotatable bonds is 7. The average molecular weight is 380 g/mol. The summed E-state index contributed by atoms with van der Waals surface area (Å²) in [7, 11) is 3.09. The number of alkyl halides is 2. The molecule has 2 aromatic rings. The Morgan fingerprint density at radius 2 is 1.89 bits per heavy atom. The number of phenols is 1. The summed E-state index contributed by atoms with van der Waals surface area (Å²) >= 11 is 0. The first-order valence-corrected chi connectivity index (χ1v) is 8.22. The topological polar surface area (TPSA) is 71.0 Å². The van der Waals surface area contributed by atoms with Crippen LogP contribution >= 0.6 is 0 Å². The number of nitrogens with zero attached hydrogens (tertiary/aromatic N) is 1. The van der Waals surface area contributed by atoms with Crippen molar-refractivity contribution in [1.82, 2.24) is 10.2 Å². The highest BCUT2D eigenvalue weighted by Gasteiger charge is 2.15. The van der Waals surface area contributed by atoms with Gasteiger partial charge in [0.2, 0.25) is 0 Å². The van der Waals surface area contributed by atoms with E-state index in [1.807, 2.05) is 0 Å². The number of phenolic OH excluding ortho intramolecular Hbond substituents is 1. The molecule has 146 valence electrons. The monoisotopic (exact) mass is 380 g/mol. The molecule has 0 aliphatic carbocycles. The van der Waals surface area contributed by atoms with E-state index in [0.29, 0.717) is 5.75 Å². The quantitative estimate of drug-likeness (QED) is 0.764. The summed E-state index contributed by atoms with van der Waals surface area (Å²) < 4.78 is 33.7. The van der Waals surface area contributed by atoms with Crippen LogP contribution in [0.5, 0.6) is 17.2 Å². The number of aromatic hydroxyl groups is 1. The maximum Gasteiger partial charge on any atom is 0.387 e. The highest BCUT2D eigenvalue weighted by Crippen LogP contribution is 2.26. The second-order valence-corrected chi connectivity index (χ2v) is 5.98. The highest BCUT2D eigenvalue weighted by atomic mass is 19.3. The molecule has 2 amide bonds. The molecule has 0 saturated heterocycles. The van der Waals surface area contributed by atoms with Gasteiger partial charge in [-0.1, -0.05) is 18.2 Å². The first-order chi connectivity index (χ1) is 12.8. The van der Waals surface area contributed by atoms with Crippen LogP contribution in [0.4, 0.5) is 13.6 Å². The number of hydrogen-bond acceptors (Lipinski definition) is 4. The van der Waals surface area contributed by atoms with E-state index in [2.05, 4.69) is 10.1 Å². The fourth-order valence-corrected chi connectivity index (χ4v) is 2.50. The maximum atomic E-state index is 12.4. The third-order valence-electron chi connectivity index (χ3n) is 3.95. The van der Waals surface area contributed by atoms with E-state index in [0.717, 1.165) is 11.1 Å². The smallest absolute Gasteiger partial charge is 0.387 e. The van der Waals surface area contributed by atoms with E-state index in [1.165, 1.54) is 30.2 Å². The Bertz CT molecular complexity index is 769. The molecule has 0 saturated carbocycles. The fraction of sp³-hybridized carbons (Fsp3) is 0.316. The number of carbonyl (C=O) groups is 1. The molecule has 27 heavy (non-hydrogen) atoms. The number of ether oxygens (including phenoxy) is 2. The van der Waals surface area contributed by atoms with E-state index in [4.69, 9.17) is 4.74 Å². The fourth-order valence-electron chi connectivity index (χ4n) is 2.50. The van der Waals surface area contributed by atoms with Gasteiger partial charge < -0.3 is 24.8 Å². The third-order valence-corrected chi connectivity index (χ3v) is 3.95. The van der Waals surface area contributed by atoms with Crippen molar-refractivity contribution >= 4 is 6.03 Å². The maximum absolute atomic E-state index is 12.4. The summed E-state index contributed by atoms with van der Waals surface area (Å²) in [5.41, 5.74) is 1.49. The molecule has 0 fully saturated rings. The van der Waals surface area contributed by atoms with Gasteiger partial charge in [-0.15, -0.1) is 0 Å². The van der Waals surface area contributed by atoms with Crippen molar-refractivity contribution in [1.29, 1.82) is 0 Å². The Morgan fingerprint density at radius 1 is 1.22 bits per heavy atom. The first kappa shape index (κ1) is 20.3. The molecule has 0 heterocycles. The van der Waals surface area contributed by atoms with Crippen LogP contribution in [-0.2, 0) is 6.54 Å². The zero-order valence-electron chi connectivity index (χ0n) is 15.3. The number of nitrogens with one attached hydrogen (secondary N) is 1. The van der Waals surface area contributed by atoms with Crippen LogP contribution in [0.1, 0.15) is 24.1 Å². The van der Waals surface area contributed by atoms with E-state index in [-0.39, 0.29) is 30.1 Å². The van der Waals surface area contributed by atoms with Crippen LogP contribution in [0.25, 0.3) is 0 Å². The lowest BCUT2D eigenvalue weighted by atomic mass is 10.1. The third kappa shape index (κ3) is 5.73. The molecule has 2 aromatic carbocycles. The summed E-state index contributed by atoms with van der Waals surface area (Å²) in [4.78, 5) is 13.8. The number of methoxy groups -OCH3 is 1. The van der Waals surface area contributed by atoms with E-state index < -0.39 is 6.61 Å². The minimum atomic E-state index is -2.88. The van der Waals surface area contributed by atoms with Gasteiger partial charge in [-0.3, -0.25) is 0 Å². The lowest BCUT2D eigenvalue weighted by Gasteiger charge is -2.22. The summed E-state index contributed by atoms with van der Waals surface area (Å²) in [5.74, 6) is 0.422. The summed E-state index contributed by atoms with van der Waals surface area (Å²) in [6.45, 7) is -0.801. The first-order valence-electron chi connectivity index (χ1n) is 8.22. The minimum absolute atomic E-state index is 0.00304. The number of benzene rings is 2. The number of urea groups is 1. The van der Waals surface area contributed by atoms with Gasteiger partial charge in [-0.05, 0) is 42.3 Å². The molecule has 0 aliphatic rings. The molecular formula is C19H22F2N2O4. The standard InChI is InChI=1S/C19H22F2N2O4/c1-12(14-5-7-15(8-6-14)27-18(20)21)22-19(25)23(2)11-13-4-9-17(26-3)16(24)10-13/h4-10,12,18,24H,11H2,1-3H3,(H,22,25). The largest absolute Gasteiger partial charge is 0.504 e. The van der Waals surface area contributed by atoms with Gasteiger partial charge in [-0.2, -0.15) is 8.78 Å². The van der Waals surface area contributed by atoms with Crippen LogP contribution in [0.15, 0.2) is 42.5 Å². The second-order valence-electron chi connectivity index (χ2n) is 5.98. The molecule has 6 nitrogen and oxygen atoms in total. The normalized spacial score (nSPS) is 11.8. The second kappa shape index (κ2) is 9.07. The van der Waals surface area contributed by atoms with Crippen molar-refractivity contribution in [2.45, 2.75) is 26.1 Å². The predicted molar refractivity (Wildman–Crippen MR) is 96.1 cm³/mol. The molecule has 0 aliphatic heterocycles. The van der Waals surface area contributed by atoms with Crippen LogP contribution < -0.4 is 14.8 Å². The van der Waals surface area contributed by atoms with Crippen molar-refractivity contribution in [2.75, 3.05) is 14.2 Å². The zero-order valence-corrected chi connectivity index (χ0v) is 15.3. The van der Waals surface area contributed by atoms with Gasteiger partial charge >= 0.3 is 12.6 Å². The molecule has 1 unspecified atom stereocenters. The highest BCUT2D eigenvalue weighted by molar-refractivity contribution is 5.74. The predicted octanol–water partition coefficient (Wildman–Crippen LogP) is 3.90. The minimum Gasteiger partial charge on any atom is -0.504 e. The summed E-state index contributed by atoms with van der Waals surface area (Å²) in [5, 5.41) is 12.6. The van der Waals surface area contributed by atoms with Gasteiger partial charge in [0.05, 0.1) is 13.2 Å². The number of hydrogen-bond donors (Lipinski definition) is 2. The molecule has 1 atom stereocenters. The SMILES string of the molecule is COc1ccc(CN(C)C(=O)NC(C)c2ccc(OC(F)F)cc2)cc1O. The molecule has 2 rings (SSSR count). The van der Waals surface area contributed by atoms with Crippen LogP contribution in [0, 0.1) is 0 Å². The zero-order chi connectivity index (χ0) is 20.0. The molecule has 2 N–H and O–H groups in total. The van der Waals surface area contributed by atoms with Gasteiger partial charge in [0.15, 0.2) is 11.5 Å². The molecule has 0 aromatic heterocycles. The summed E-state index contributed by atoms with van der Waals surface area (Å²) in [6.07, 6.45) is 0. The van der Waals surface area contributed by atoms with Crippen molar-refractivity contribution in [2.24, 2.45) is 0 Å². The van der Waals surface area contributed by atoms with Crippen LogP contribution in [0.2, 0.25) is 0 Å². The molecule has 0 bridgehead atoms. The number of amides is 2. The molecule has 0 spiro atoms. The molecule has 8 heteroatoms. The lowest BCUT2D eigenvalue weighted by Crippen LogP contribution is -2.38. The average Bonchev–Trinajstić information content (AvgIpc) is 2.61. The Hall–Kier alpha value is -3.03. The lowest BCUT2D eigenvalue weighted by molar-refractivity contribution is -0.0498. The number of halogens is 2. The Labute approximate surface area is 156 Å².